The third kappa shape index (κ3) is 6.09. The lowest BCUT2D eigenvalue weighted by Crippen LogP contribution is -2.42. The van der Waals surface area contributed by atoms with Crippen molar-refractivity contribution in [3.8, 4) is 0 Å². The van der Waals surface area contributed by atoms with Crippen molar-refractivity contribution >= 4 is 0 Å². The average Bonchev–Trinajstić information content (AvgIpc) is 1.59. The molecule has 0 aliphatic heterocycles. The van der Waals surface area contributed by atoms with E-state index < -0.39 is 0 Å². The lowest BCUT2D eigenvalue weighted by Gasteiger charge is -2.25. The predicted molar refractivity (Wildman–Crippen MR) is 46.6 cm³/mol. The minimum Gasteiger partial charge on any atom is -0.309 e. The van der Waals surface area contributed by atoms with E-state index in [0.717, 1.165) is 12.8 Å². The van der Waals surface area contributed by atoms with Crippen molar-refractivity contribution in [2.45, 2.75) is 45.2 Å². The average molecular weight is 141 g/mol. The highest BCUT2D eigenvalue weighted by molar-refractivity contribution is 4.79. The molecule has 1 nitrogen and oxygen atoms in total. The molecule has 0 fully saturated rings. The van der Waals surface area contributed by atoms with E-state index in [9.17, 15) is 0 Å². The first-order valence-electron chi connectivity index (χ1n) is 3.86. The highest BCUT2D eigenvalue weighted by Gasteiger charge is 2.11. The second-order valence-electron chi connectivity index (χ2n) is 3.73. The minimum atomic E-state index is 0.182. The largest absolute Gasteiger partial charge is 0.309 e. The van der Waals surface area contributed by atoms with Crippen molar-refractivity contribution in [2.75, 3.05) is 0 Å². The highest BCUT2D eigenvalue weighted by atomic mass is 15.0. The van der Waals surface area contributed by atoms with Gasteiger partial charge in [0.15, 0.2) is 0 Å². The molecule has 1 heteroatoms. The van der Waals surface area contributed by atoms with Crippen LogP contribution >= 0.6 is 0 Å². The molecule has 1 unspecified atom stereocenters. The first-order chi connectivity index (χ1) is 4.45. The molecule has 0 aromatic rings. The molecule has 1 N–H and O–H groups in total. The molecule has 0 aliphatic rings. The van der Waals surface area contributed by atoms with Crippen molar-refractivity contribution in [3.05, 3.63) is 13.8 Å². The quantitative estimate of drug-likeness (QED) is 0.635. The van der Waals surface area contributed by atoms with Gasteiger partial charge in [0, 0.05) is 11.6 Å². The Bertz CT molecular complexity index is 81.2. The van der Waals surface area contributed by atoms with E-state index in [0.29, 0.717) is 6.04 Å². The summed E-state index contributed by atoms with van der Waals surface area (Å²) in [6.07, 6.45) is 2.01. The van der Waals surface area contributed by atoms with Crippen molar-refractivity contribution in [1.82, 2.24) is 5.32 Å². The van der Waals surface area contributed by atoms with Crippen LogP contribution in [0.1, 0.15) is 33.6 Å². The van der Waals surface area contributed by atoms with Gasteiger partial charge < -0.3 is 5.32 Å². The summed E-state index contributed by atoms with van der Waals surface area (Å²) in [6, 6.07) is 0.345. The van der Waals surface area contributed by atoms with Gasteiger partial charge >= 0.3 is 0 Å². The molecule has 0 saturated carbocycles. The topological polar surface area (TPSA) is 12.0 Å². The summed E-state index contributed by atoms with van der Waals surface area (Å²) in [7, 11) is 0. The van der Waals surface area contributed by atoms with Crippen LogP contribution in [-0.2, 0) is 0 Å². The predicted octanol–water partition coefficient (Wildman–Crippen LogP) is 2.19. The molecule has 0 bridgehead atoms. The molecule has 60 valence electrons. The first kappa shape index (κ1) is 9.96. The van der Waals surface area contributed by atoms with Crippen LogP contribution in [0.5, 0.6) is 0 Å². The second kappa shape index (κ2) is 3.97. The van der Waals surface area contributed by atoms with Gasteiger partial charge in [-0.2, -0.15) is 0 Å². The Morgan fingerprint density at radius 3 is 2.20 bits per heavy atom. The maximum absolute atomic E-state index is 3.96. The van der Waals surface area contributed by atoms with Crippen LogP contribution in [0, 0.1) is 13.8 Å². The molecule has 0 spiro atoms. The standard InChI is InChI=1S/C9H19N/c1-6-7-8(2)10-9(3,4)5/h8,10H,1-2,6-7H2,3-5H3. The van der Waals surface area contributed by atoms with E-state index in [2.05, 4.69) is 39.9 Å². The molecule has 0 saturated heterocycles. The summed E-state index contributed by atoms with van der Waals surface area (Å²) in [5.41, 5.74) is 0.182. The molecular weight excluding hydrogens is 122 g/mol. The Morgan fingerprint density at radius 2 is 1.90 bits per heavy atom. The molecule has 0 aromatic carbocycles. The summed E-state index contributed by atoms with van der Waals surface area (Å²) < 4.78 is 0. The smallest absolute Gasteiger partial charge is 0.00990 e. The van der Waals surface area contributed by atoms with Gasteiger partial charge in [0.1, 0.15) is 0 Å². The van der Waals surface area contributed by atoms with Crippen molar-refractivity contribution in [1.29, 1.82) is 0 Å². The van der Waals surface area contributed by atoms with Gasteiger partial charge in [-0.25, -0.2) is 0 Å². The van der Waals surface area contributed by atoms with E-state index in [1.807, 2.05) is 0 Å². The normalized spacial score (nSPS) is 15.3. The fraction of sp³-hybridized carbons (Fsp3) is 0.778. The van der Waals surface area contributed by atoms with E-state index in [4.69, 9.17) is 0 Å². The van der Waals surface area contributed by atoms with Crippen LogP contribution in [0.25, 0.3) is 0 Å². The van der Waals surface area contributed by atoms with Gasteiger partial charge in [-0.1, -0.05) is 13.3 Å². The van der Waals surface area contributed by atoms with Crippen LogP contribution in [0.3, 0.4) is 0 Å². The maximum atomic E-state index is 3.96. The summed E-state index contributed by atoms with van der Waals surface area (Å²) in [5.74, 6) is 0. The van der Waals surface area contributed by atoms with Crippen LogP contribution in [0.4, 0.5) is 0 Å². The number of hydrogen-bond acceptors (Lipinski definition) is 1. The fourth-order valence-corrected chi connectivity index (χ4v) is 0.931. The highest BCUT2D eigenvalue weighted by Crippen LogP contribution is 2.03. The fourth-order valence-electron chi connectivity index (χ4n) is 0.931. The zero-order chi connectivity index (χ0) is 8.20. The molecule has 10 heavy (non-hydrogen) atoms. The van der Waals surface area contributed by atoms with Gasteiger partial charge in [-0.15, -0.1) is 0 Å². The Labute approximate surface area is 65.2 Å². The lowest BCUT2D eigenvalue weighted by molar-refractivity contribution is 0.379. The Kier molecular flexibility index (Phi) is 3.95. The summed E-state index contributed by atoms with van der Waals surface area (Å²) >= 11 is 0. The molecule has 1 atom stereocenters. The monoisotopic (exact) mass is 141 g/mol. The summed E-state index contributed by atoms with van der Waals surface area (Å²) in [6.45, 7) is 14.2. The van der Waals surface area contributed by atoms with Crippen LogP contribution in [0.2, 0.25) is 0 Å². The Hall–Kier alpha value is -0.0400. The molecule has 0 amide bonds. The van der Waals surface area contributed by atoms with Crippen LogP contribution in [0.15, 0.2) is 0 Å². The molecular formula is C9H19N. The number of rotatable bonds is 3. The van der Waals surface area contributed by atoms with Gasteiger partial charge in [0.2, 0.25) is 0 Å². The van der Waals surface area contributed by atoms with Crippen LogP contribution in [-0.4, -0.2) is 11.6 Å². The number of hydrogen-bond donors (Lipinski definition) is 1. The van der Waals surface area contributed by atoms with Gasteiger partial charge in [-0.3, -0.25) is 0 Å². The van der Waals surface area contributed by atoms with Crippen molar-refractivity contribution in [3.63, 3.8) is 0 Å². The lowest BCUT2D eigenvalue weighted by atomic mass is 10.1. The SMILES string of the molecule is [CH2]CCC([CH2])NC(C)(C)C. The first-order valence-corrected chi connectivity index (χ1v) is 3.86. The summed E-state index contributed by atoms with van der Waals surface area (Å²) in [4.78, 5) is 0. The van der Waals surface area contributed by atoms with Crippen molar-refractivity contribution in [2.24, 2.45) is 0 Å². The zero-order valence-electron chi connectivity index (χ0n) is 7.41. The summed E-state index contributed by atoms with van der Waals surface area (Å²) in [5, 5.41) is 3.37. The number of nitrogens with one attached hydrogen (secondary N) is 1. The van der Waals surface area contributed by atoms with E-state index in [1.165, 1.54) is 0 Å². The molecule has 0 aromatic heterocycles. The van der Waals surface area contributed by atoms with E-state index >= 15 is 0 Å². The molecule has 0 aliphatic carbocycles. The minimum absolute atomic E-state index is 0.182. The van der Waals surface area contributed by atoms with Gasteiger partial charge in [-0.05, 0) is 34.1 Å². The molecule has 0 heterocycles. The third-order valence-corrected chi connectivity index (χ3v) is 1.19. The van der Waals surface area contributed by atoms with Crippen molar-refractivity contribution < 1.29 is 0 Å². The zero-order valence-corrected chi connectivity index (χ0v) is 7.41. The Balaban J connectivity index is 3.47. The Morgan fingerprint density at radius 1 is 1.40 bits per heavy atom. The third-order valence-electron chi connectivity index (χ3n) is 1.19. The second-order valence-corrected chi connectivity index (χ2v) is 3.73. The van der Waals surface area contributed by atoms with E-state index in [-0.39, 0.29) is 5.54 Å². The molecule has 0 rings (SSSR count). The molecule has 2 radical (unpaired) electrons. The van der Waals surface area contributed by atoms with Gasteiger partial charge in [0.25, 0.3) is 0 Å². The van der Waals surface area contributed by atoms with Crippen LogP contribution < -0.4 is 5.32 Å². The van der Waals surface area contributed by atoms with Gasteiger partial charge in [0.05, 0.1) is 0 Å². The van der Waals surface area contributed by atoms with E-state index in [1.54, 1.807) is 0 Å². The maximum Gasteiger partial charge on any atom is 0.00990 e.